The van der Waals surface area contributed by atoms with E-state index in [1.165, 1.54) is 38.5 Å². The number of hydrogen-bond donors (Lipinski definition) is 2. The molecule has 2 nitrogen and oxygen atoms in total. The smallest absolute Gasteiger partial charge is 0.0580 e. The van der Waals surface area contributed by atoms with Gasteiger partial charge in [0.2, 0.25) is 0 Å². The van der Waals surface area contributed by atoms with Gasteiger partial charge in [-0.1, -0.05) is 20.3 Å². The third-order valence-electron chi connectivity index (χ3n) is 4.63. The summed E-state index contributed by atoms with van der Waals surface area (Å²) in [5.41, 5.74) is 0.561. The molecule has 0 aliphatic heterocycles. The molecule has 2 aliphatic rings. The lowest BCUT2D eigenvalue weighted by Gasteiger charge is -2.35. The molecule has 2 atom stereocenters. The third kappa shape index (κ3) is 3.21. The van der Waals surface area contributed by atoms with Gasteiger partial charge in [0, 0.05) is 12.6 Å². The van der Waals surface area contributed by atoms with Crippen LogP contribution in [0.25, 0.3) is 0 Å². The van der Waals surface area contributed by atoms with Gasteiger partial charge < -0.3 is 10.4 Å². The van der Waals surface area contributed by atoms with Crippen molar-refractivity contribution in [1.82, 2.24) is 5.32 Å². The van der Waals surface area contributed by atoms with Crippen molar-refractivity contribution in [2.24, 2.45) is 11.3 Å². The van der Waals surface area contributed by atoms with Gasteiger partial charge in [-0.05, 0) is 49.9 Å². The molecule has 2 rings (SSSR count). The Morgan fingerprint density at radius 2 is 1.81 bits per heavy atom. The van der Waals surface area contributed by atoms with Crippen molar-refractivity contribution in [3.8, 4) is 0 Å². The lowest BCUT2D eigenvalue weighted by molar-refractivity contribution is 0.125. The van der Waals surface area contributed by atoms with Crippen LogP contribution in [0.2, 0.25) is 0 Å². The molecule has 2 heteroatoms. The van der Waals surface area contributed by atoms with Crippen molar-refractivity contribution in [3.63, 3.8) is 0 Å². The summed E-state index contributed by atoms with van der Waals surface area (Å²) in [4.78, 5) is 0. The number of aliphatic hydroxyl groups is 1. The summed E-state index contributed by atoms with van der Waals surface area (Å²) in [6.45, 7) is 5.79. The highest BCUT2D eigenvalue weighted by atomic mass is 16.3. The molecule has 94 valence electrons. The Kier molecular flexibility index (Phi) is 3.91. The van der Waals surface area contributed by atoms with Gasteiger partial charge in [0.1, 0.15) is 0 Å². The Labute approximate surface area is 99.8 Å². The normalized spacial score (nSPS) is 35.4. The number of hydrogen-bond acceptors (Lipinski definition) is 2. The third-order valence-corrected chi connectivity index (χ3v) is 4.63. The van der Waals surface area contributed by atoms with Crippen molar-refractivity contribution >= 4 is 0 Å². The zero-order chi connectivity index (χ0) is 11.6. The van der Waals surface area contributed by atoms with Gasteiger partial charge in [0.15, 0.2) is 0 Å². The van der Waals surface area contributed by atoms with E-state index >= 15 is 0 Å². The summed E-state index contributed by atoms with van der Waals surface area (Å²) in [5.74, 6) is 0.523. The van der Waals surface area contributed by atoms with Crippen LogP contribution in [0.4, 0.5) is 0 Å². The highest BCUT2D eigenvalue weighted by Crippen LogP contribution is 2.35. The average molecular weight is 225 g/mol. The fraction of sp³-hybridized carbons (Fsp3) is 1.00. The Bertz CT molecular complexity index is 217. The van der Waals surface area contributed by atoms with E-state index in [4.69, 9.17) is 0 Å². The van der Waals surface area contributed by atoms with Crippen LogP contribution in [0.1, 0.15) is 58.8 Å². The summed E-state index contributed by atoms with van der Waals surface area (Å²) >= 11 is 0. The molecule has 2 saturated carbocycles. The molecule has 2 aliphatic carbocycles. The lowest BCUT2D eigenvalue weighted by Crippen LogP contribution is -2.39. The minimum absolute atomic E-state index is 0.0347. The molecule has 0 radical (unpaired) electrons. The van der Waals surface area contributed by atoms with Crippen molar-refractivity contribution < 1.29 is 5.11 Å². The van der Waals surface area contributed by atoms with Crippen LogP contribution in [0.15, 0.2) is 0 Å². The van der Waals surface area contributed by atoms with Gasteiger partial charge in [-0.25, -0.2) is 0 Å². The molecule has 0 aromatic heterocycles. The molecule has 2 unspecified atom stereocenters. The van der Waals surface area contributed by atoms with E-state index in [0.29, 0.717) is 17.4 Å². The number of rotatable bonds is 3. The van der Waals surface area contributed by atoms with Crippen molar-refractivity contribution in [1.29, 1.82) is 0 Å². The Morgan fingerprint density at radius 3 is 2.38 bits per heavy atom. The molecular weight excluding hydrogens is 198 g/mol. The van der Waals surface area contributed by atoms with Gasteiger partial charge in [0.05, 0.1) is 6.10 Å². The van der Waals surface area contributed by atoms with Gasteiger partial charge in [-0.15, -0.1) is 0 Å². The SMILES string of the molecule is CC1(C)CCC(NCC2CCCC2O)CC1. The van der Waals surface area contributed by atoms with Crippen LogP contribution >= 0.6 is 0 Å². The maximum absolute atomic E-state index is 9.76. The Hall–Kier alpha value is -0.0800. The zero-order valence-corrected chi connectivity index (χ0v) is 10.8. The van der Waals surface area contributed by atoms with E-state index < -0.39 is 0 Å². The highest BCUT2D eigenvalue weighted by Gasteiger charge is 2.29. The Balaban J connectivity index is 1.67. The first-order valence-corrected chi connectivity index (χ1v) is 6.98. The molecule has 0 aromatic carbocycles. The van der Waals surface area contributed by atoms with Crippen molar-refractivity contribution in [3.05, 3.63) is 0 Å². The summed E-state index contributed by atoms with van der Waals surface area (Å²) in [5, 5.41) is 13.4. The molecule has 2 N–H and O–H groups in total. The first-order chi connectivity index (χ1) is 7.57. The van der Waals surface area contributed by atoms with E-state index in [1.807, 2.05) is 0 Å². The number of aliphatic hydroxyl groups excluding tert-OH is 1. The summed E-state index contributed by atoms with van der Waals surface area (Å²) in [7, 11) is 0. The monoisotopic (exact) mass is 225 g/mol. The molecule has 0 spiro atoms. The second-order valence-electron chi connectivity index (χ2n) is 6.61. The summed E-state index contributed by atoms with van der Waals surface area (Å²) < 4.78 is 0. The van der Waals surface area contributed by atoms with Crippen LogP contribution in [-0.4, -0.2) is 23.8 Å². The molecule has 16 heavy (non-hydrogen) atoms. The molecule has 2 fully saturated rings. The zero-order valence-electron chi connectivity index (χ0n) is 10.8. The average Bonchev–Trinajstić information content (AvgIpc) is 2.63. The molecular formula is C14H27NO. The van der Waals surface area contributed by atoms with E-state index in [1.54, 1.807) is 0 Å². The predicted molar refractivity (Wildman–Crippen MR) is 67.4 cm³/mol. The van der Waals surface area contributed by atoms with Gasteiger partial charge >= 0.3 is 0 Å². The standard InChI is InChI=1S/C14H27NO/c1-14(2)8-6-12(7-9-14)15-10-11-4-3-5-13(11)16/h11-13,15-16H,3-10H2,1-2H3. The first-order valence-electron chi connectivity index (χ1n) is 6.98. The van der Waals surface area contributed by atoms with Crippen LogP contribution < -0.4 is 5.32 Å². The van der Waals surface area contributed by atoms with E-state index in [-0.39, 0.29) is 6.10 Å². The van der Waals surface area contributed by atoms with Crippen molar-refractivity contribution in [2.45, 2.75) is 70.9 Å². The summed E-state index contributed by atoms with van der Waals surface area (Å²) in [6.07, 6.45) is 8.73. The topological polar surface area (TPSA) is 32.3 Å². The second kappa shape index (κ2) is 5.05. The van der Waals surface area contributed by atoms with Crippen LogP contribution in [0.3, 0.4) is 0 Å². The number of nitrogens with one attached hydrogen (secondary N) is 1. The largest absolute Gasteiger partial charge is 0.393 e. The second-order valence-corrected chi connectivity index (χ2v) is 6.61. The van der Waals surface area contributed by atoms with Gasteiger partial charge in [-0.2, -0.15) is 0 Å². The molecule has 0 bridgehead atoms. The van der Waals surface area contributed by atoms with Crippen LogP contribution in [-0.2, 0) is 0 Å². The van der Waals surface area contributed by atoms with E-state index in [2.05, 4.69) is 19.2 Å². The minimum Gasteiger partial charge on any atom is -0.393 e. The summed E-state index contributed by atoms with van der Waals surface area (Å²) in [6, 6.07) is 0.709. The maximum Gasteiger partial charge on any atom is 0.0580 e. The van der Waals surface area contributed by atoms with E-state index in [9.17, 15) is 5.11 Å². The van der Waals surface area contributed by atoms with Gasteiger partial charge in [-0.3, -0.25) is 0 Å². The predicted octanol–water partition coefficient (Wildman–Crippen LogP) is 2.71. The highest BCUT2D eigenvalue weighted by molar-refractivity contribution is 4.84. The Morgan fingerprint density at radius 1 is 1.12 bits per heavy atom. The van der Waals surface area contributed by atoms with E-state index in [0.717, 1.165) is 13.0 Å². The van der Waals surface area contributed by atoms with Gasteiger partial charge in [0.25, 0.3) is 0 Å². The van der Waals surface area contributed by atoms with Crippen LogP contribution in [0, 0.1) is 11.3 Å². The fourth-order valence-corrected chi connectivity index (χ4v) is 3.18. The fourth-order valence-electron chi connectivity index (χ4n) is 3.18. The molecule has 0 amide bonds. The minimum atomic E-state index is -0.0347. The first kappa shape index (κ1) is 12.4. The lowest BCUT2D eigenvalue weighted by atomic mass is 9.75. The maximum atomic E-state index is 9.76. The molecule has 0 saturated heterocycles. The quantitative estimate of drug-likeness (QED) is 0.774. The molecule has 0 heterocycles. The van der Waals surface area contributed by atoms with Crippen molar-refractivity contribution in [2.75, 3.05) is 6.54 Å². The molecule has 0 aromatic rings. The van der Waals surface area contributed by atoms with Crippen LogP contribution in [0.5, 0.6) is 0 Å².